The largest absolute Gasteiger partial charge is 0.370 e. The Kier molecular flexibility index (Phi) is 9.50. The lowest BCUT2D eigenvalue weighted by molar-refractivity contribution is 0.384. The molecule has 0 spiro atoms. The van der Waals surface area contributed by atoms with Crippen molar-refractivity contribution in [3.05, 3.63) is 75.7 Å². The fraction of sp³-hybridized carbons (Fsp3) is 0.457. The normalized spacial score (nSPS) is 17.7. The monoisotopic (exact) mass is 613 g/mol. The van der Waals surface area contributed by atoms with Gasteiger partial charge in [-0.3, -0.25) is 9.36 Å². The average molecular weight is 614 g/mol. The second kappa shape index (κ2) is 13.7. The van der Waals surface area contributed by atoms with Gasteiger partial charge in [0.1, 0.15) is 5.65 Å². The quantitative estimate of drug-likeness (QED) is 0.219. The van der Waals surface area contributed by atoms with Crippen LogP contribution in [0.25, 0.3) is 22.2 Å². The number of nitrogens with one attached hydrogen (secondary N) is 2. The number of anilines is 3. The Morgan fingerprint density at radius 1 is 0.977 bits per heavy atom. The van der Waals surface area contributed by atoms with Crippen molar-refractivity contribution in [1.82, 2.24) is 24.8 Å². The van der Waals surface area contributed by atoms with E-state index < -0.39 is 0 Å². The van der Waals surface area contributed by atoms with Gasteiger partial charge in [0.15, 0.2) is 0 Å². The van der Waals surface area contributed by atoms with Crippen molar-refractivity contribution in [2.45, 2.75) is 63.5 Å². The van der Waals surface area contributed by atoms with Gasteiger partial charge in [-0.1, -0.05) is 43.0 Å². The van der Waals surface area contributed by atoms with E-state index in [0.29, 0.717) is 47.2 Å². The fourth-order valence-electron chi connectivity index (χ4n) is 6.64. The zero-order valence-electron chi connectivity index (χ0n) is 26.2. The molecule has 9 heteroatoms. The molecule has 2 aromatic heterocycles. The lowest BCUT2D eigenvalue weighted by atomic mass is 9.83. The molecule has 0 amide bonds. The van der Waals surface area contributed by atoms with Crippen LogP contribution in [-0.4, -0.2) is 66.3 Å². The summed E-state index contributed by atoms with van der Waals surface area (Å²) in [6.45, 7) is 3.31. The minimum absolute atomic E-state index is 0.0964. The van der Waals surface area contributed by atoms with Gasteiger partial charge in [-0.15, -0.1) is 0 Å². The molecule has 232 valence electrons. The van der Waals surface area contributed by atoms with Crippen molar-refractivity contribution in [1.29, 1.82) is 0 Å². The van der Waals surface area contributed by atoms with E-state index in [1.54, 1.807) is 10.8 Å². The molecule has 0 bridgehead atoms. The van der Waals surface area contributed by atoms with Crippen LogP contribution in [0.5, 0.6) is 0 Å². The number of pyridine rings is 1. The van der Waals surface area contributed by atoms with Crippen molar-refractivity contribution in [3.8, 4) is 11.1 Å². The van der Waals surface area contributed by atoms with Crippen LogP contribution in [0.4, 0.5) is 17.3 Å². The lowest BCUT2D eigenvalue weighted by Gasteiger charge is -2.33. The molecule has 3 heterocycles. The van der Waals surface area contributed by atoms with Crippen molar-refractivity contribution in [3.63, 3.8) is 0 Å². The number of fused-ring (bicyclic) bond motifs is 1. The van der Waals surface area contributed by atoms with Crippen LogP contribution >= 0.6 is 11.6 Å². The van der Waals surface area contributed by atoms with E-state index in [0.717, 1.165) is 29.7 Å². The summed E-state index contributed by atoms with van der Waals surface area (Å²) in [4.78, 5) is 27.9. The average Bonchev–Trinajstić information content (AvgIpc) is 3.05. The number of nitrogens with zero attached hydrogens (tertiary/aromatic N) is 5. The van der Waals surface area contributed by atoms with Crippen molar-refractivity contribution in [2.75, 3.05) is 51.0 Å². The van der Waals surface area contributed by atoms with Gasteiger partial charge in [0, 0.05) is 71.8 Å². The molecule has 0 radical (unpaired) electrons. The number of rotatable bonds is 9. The highest BCUT2D eigenvalue weighted by atomic mass is 35.5. The van der Waals surface area contributed by atoms with Crippen molar-refractivity contribution >= 4 is 40.0 Å². The van der Waals surface area contributed by atoms with Crippen LogP contribution in [0.15, 0.2) is 59.5 Å². The van der Waals surface area contributed by atoms with E-state index in [1.165, 1.54) is 56.2 Å². The van der Waals surface area contributed by atoms with E-state index in [1.807, 2.05) is 26.2 Å². The van der Waals surface area contributed by atoms with Crippen LogP contribution < -0.4 is 21.1 Å². The van der Waals surface area contributed by atoms with E-state index in [4.69, 9.17) is 16.6 Å². The summed E-state index contributed by atoms with van der Waals surface area (Å²) in [5.41, 5.74) is 5.19. The first kappa shape index (κ1) is 30.6. The van der Waals surface area contributed by atoms with Crippen LogP contribution in [0.1, 0.15) is 56.4 Å². The molecule has 8 nitrogen and oxygen atoms in total. The number of hydrogen-bond acceptors (Lipinski definition) is 7. The predicted molar refractivity (Wildman–Crippen MR) is 183 cm³/mol. The highest BCUT2D eigenvalue weighted by Gasteiger charge is 2.20. The molecule has 4 aromatic rings. The molecule has 1 aliphatic heterocycles. The molecule has 1 saturated heterocycles. The summed E-state index contributed by atoms with van der Waals surface area (Å²) < 4.78 is 1.76. The summed E-state index contributed by atoms with van der Waals surface area (Å²) in [6, 6.07) is 17.0. The topological polar surface area (TPSA) is 78.3 Å². The molecular weight excluding hydrogens is 570 g/mol. The van der Waals surface area contributed by atoms with Crippen molar-refractivity contribution < 1.29 is 0 Å². The number of halogens is 1. The Hall–Kier alpha value is -3.46. The number of aromatic nitrogens is 3. The maximum absolute atomic E-state index is 14.0. The molecule has 44 heavy (non-hydrogen) atoms. The van der Waals surface area contributed by atoms with Gasteiger partial charge in [-0.2, -0.15) is 4.98 Å². The summed E-state index contributed by atoms with van der Waals surface area (Å²) >= 11 is 6.87. The van der Waals surface area contributed by atoms with Gasteiger partial charge >= 0.3 is 0 Å². The highest BCUT2D eigenvalue weighted by molar-refractivity contribution is 6.33. The van der Waals surface area contributed by atoms with E-state index in [2.05, 4.69) is 68.9 Å². The highest BCUT2D eigenvalue weighted by Crippen LogP contribution is 2.36. The first-order chi connectivity index (χ1) is 21.4. The first-order valence-electron chi connectivity index (χ1n) is 16.0. The van der Waals surface area contributed by atoms with E-state index in [9.17, 15) is 4.79 Å². The number of benzene rings is 2. The minimum atomic E-state index is -0.0964. The Labute approximate surface area is 265 Å². The van der Waals surface area contributed by atoms with Crippen LogP contribution in [0, 0.1) is 0 Å². The van der Waals surface area contributed by atoms with Gasteiger partial charge in [0.05, 0.1) is 0 Å². The molecule has 1 saturated carbocycles. The van der Waals surface area contributed by atoms with Gasteiger partial charge in [0.25, 0.3) is 5.56 Å². The van der Waals surface area contributed by atoms with Gasteiger partial charge in [-0.25, -0.2) is 4.98 Å². The van der Waals surface area contributed by atoms with E-state index in [-0.39, 0.29) is 5.56 Å². The standard InChI is InChI=1S/C35H44ClN7O/c1-41(2)18-19-43-33-26(20-31(34(43)44)30-16-11-25(21-32(30)36)24-8-5-4-6-9-24)22-38-35(40-33)39-27-12-14-28(15-13-27)42(3)29-10-7-17-37-23-29/h11-16,20-22,24,29,37H,4-10,17-19,23H2,1-3H3,(H,38,39,40). The maximum atomic E-state index is 14.0. The van der Waals surface area contributed by atoms with Crippen molar-refractivity contribution in [2.24, 2.45) is 0 Å². The number of hydrogen-bond donors (Lipinski definition) is 2. The molecule has 6 rings (SSSR count). The summed E-state index contributed by atoms with van der Waals surface area (Å²) in [5, 5.41) is 8.26. The van der Waals surface area contributed by atoms with E-state index >= 15 is 0 Å². The molecule has 2 aromatic carbocycles. The third-order valence-corrected chi connectivity index (χ3v) is 9.62. The molecule has 2 fully saturated rings. The zero-order valence-corrected chi connectivity index (χ0v) is 26.9. The van der Waals surface area contributed by atoms with Crippen LogP contribution in [0.2, 0.25) is 5.02 Å². The summed E-state index contributed by atoms with van der Waals surface area (Å²) in [6.07, 6.45) is 10.5. The third-order valence-electron chi connectivity index (χ3n) is 9.31. The Bertz CT molecular complexity index is 1640. The Morgan fingerprint density at radius 3 is 2.48 bits per heavy atom. The molecule has 2 aliphatic rings. The summed E-state index contributed by atoms with van der Waals surface area (Å²) in [7, 11) is 6.17. The van der Waals surface area contributed by atoms with Gasteiger partial charge in [0.2, 0.25) is 5.95 Å². The molecule has 1 aliphatic carbocycles. The number of piperidine rings is 1. The maximum Gasteiger partial charge on any atom is 0.260 e. The molecule has 1 unspecified atom stereocenters. The molecule has 2 N–H and O–H groups in total. The Balaban J connectivity index is 1.29. The minimum Gasteiger partial charge on any atom is -0.370 e. The fourth-order valence-corrected chi connectivity index (χ4v) is 6.93. The van der Waals surface area contributed by atoms with Crippen LogP contribution in [-0.2, 0) is 6.54 Å². The van der Waals surface area contributed by atoms with Gasteiger partial charge in [-0.05, 0) is 94.2 Å². The lowest BCUT2D eigenvalue weighted by Crippen LogP contribution is -2.44. The second-order valence-corrected chi connectivity index (χ2v) is 13.1. The Morgan fingerprint density at radius 2 is 1.77 bits per heavy atom. The predicted octanol–water partition coefficient (Wildman–Crippen LogP) is 6.65. The van der Waals surface area contributed by atoms with Crippen LogP contribution in [0.3, 0.4) is 0 Å². The first-order valence-corrected chi connectivity index (χ1v) is 16.4. The molecular formula is C35H44ClN7O. The SMILES string of the molecule is CN(C)CCn1c(=O)c(-c2ccc(C3CCCCC3)cc2Cl)cc2cnc(Nc3ccc(N(C)C4CCCNC4)cc3)nc21. The summed E-state index contributed by atoms with van der Waals surface area (Å²) in [5.74, 6) is 1.00. The smallest absolute Gasteiger partial charge is 0.260 e. The third kappa shape index (κ3) is 6.77. The second-order valence-electron chi connectivity index (χ2n) is 12.6. The van der Waals surface area contributed by atoms with Gasteiger partial charge < -0.3 is 20.4 Å². The number of likely N-dealkylation sites (N-methyl/N-ethyl adjacent to an activating group) is 2. The zero-order chi connectivity index (χ0) is 30.6. The molecule has 1 atom stereocenters.